The molecular weight excluding hydrogens is 386 g/mol. The van der Waals surface area contributed by atoms with Crippen molar-refractivity contribution in [2.24, 2.45) is 0 Å². The van der Waals surface area contributed by atoms with Crippen molar-refractivity contribution in [3.05, 3.63) is 41.3 Å². The molecule has 2 aromatic rings. The van der Waals surface area contributed by atoms with Crippen LogP contribution in [0.15, 0.2) is 29.4 Å². The highest BCUT2D eigenvalue weighted by atomic mass is 32.2. The molecule has 2 amide bonds. The average Bonchev–Trinajstić information content (AvgIpc) is 3.14. The Morgan fingerprint density at radius 3 is 2.76 bits per heavy atom. The molecule has 0 spiro atoms. The Morgan fingerprint density at radius 2 is 2.03 bits per heavy atom. The second-order valence-electron chi connectivity index (χ2n) is 7.54. The van der Waals surface area contributed by atoms with Crippen LogP contribution in [-0.4, -0.2) is 68.8 Å². The number of carbonyl (C=O) groups is 2. The van der Waals surface area contributed by atoms with Crippen molar-refractivity contribution in [3.63, 3.8) is 0 Å². The Kier molecular flexibility index (Phi) is 5.89. The van der Waals surface area contributed by atoms with Crippen molar-refractivity contribution < 1.29 is 9.59 Å². The third-order valence-corrected chi connectivity index (χ3v) is 6.59. The van der Waals surface area contributed by atoms with Crippen LogP contribution in [0.1, 0.15) is 58.6 Å². The molecule has 0 N–H and O–H groups in total. The van der Waals surface area contributed by atoms with E-state index in [2.05, 4.69) is 4.98 Å². The monoisotopic (exact) mass is 413 g/mol. The van der Waals surface area contributed by atoms with E-state index >= 15 is 0 Å². The van der Waals surface area contributed by atoms with Crippen LogP contribution in [0.3, 0.4) is 0 Å². The Hall–Kier alpha value is -2.35. The fourth-order valence-electron chi connectivity index (χ4n) is 4.22. The van der Waals surface area contributed by atoms with Crippen molar-refractivity contribution in [2.45, 2.75) is 43.7 Å². The van der Waals surface area contributed by atoms with E-state index in [1.807, 2.05) is 45.9 Å². The maximum absolute atomic E-state index is 12.9. The highest BCUT2D eigenvalue weighted by Gasteiger charge is 2.30. The zero-order chi connectivity index (χ0) is 20.4. The number of piperidine rings is 1. The predicted octanol–water partition coefficient (Wildman–Crippen LogP) is 2.89. The largest absolute Gasteiger partial charge is 0.339 e. The Morgan fingerprint density at radius 1 is 1.24 bits per heavy atom. The van der Waals surface area contributed by atoms with E-state index in [1.165, 1.54) is 11.8 Å². The maximum atomic E-state index is 12.9. The van der Waals surface area contributed by atoms with E-state index in [9.17, 15) is 9.59 Å². The summed E-state index contributed by atoms with van der Waals surface area (Å²) in [6, 6.07) is 5.64. The van der Waals surface area contributed by atoms with E-state index in [4.69, 9.17) is 5.10 Å². The summed E-state index contributed by atoms with van der Waals surface area (Å²) < 4.78 is 1.88. The molecule has 0 bridgehead atoms. The zero-order valence-corrected chi connectivity index (χ0v) is 17.8. The number of aryl methyl sites for hydroxylation is 1. The topological polar surface area (TPSA) is 71.3 Å². The van der Waals surface area contributed by atoms with Crippen LogP contribution in [0.2, 0.25) is 0 Å². The van der Waals surface area contributed by atoms with Crippen molar-refractivity contribution >= 4 is 23.6 Å². The van der Waals surface area contributed by atoms with Crippen LogP contribution >= 0.6 is 11.8 Å². The number of likely N-dealkylation sites (tertiary alicyclic amines) is 1. The Balaban J connectivity index is 1.45. The van der Waals surface area contributed by atoms with Gasteiger partial charge in [-0.05, 0) is 50.6 Å². The normalized spacial score (nSPS) is 17.9. The minimum Gasteiger partial charge on any atom is -0.339 e. The van der Waals surface area contributed by atoms with Gasteiger partial charge in [0, 0.05) is 44.8 Å². The van der Waals surface area contributed by atoms with Crippen molar-refractivity contribution in [1.29, 1.82) is 0 Å². The predicted molar refractivity (Wildman–Crippen MR) is 112 cm³/mol. The molecule has 2 aliphatic heterocycles. The number of hydrogen-bond donors (Lipinski definition) is 0. The highest BCUT2D eigenvalue weighted by molar-refractivity contribution is 7.98. The van der Waals surface area contributed by atoms with Crippen molar-refractivity contribution in [3.8, 4) is 0 Å². The average molecular weight is 414 g/mol. The van der Waals surface area contributed by atoms with Gasteiger partial charge in [0.1, 0.15) is 10.7 Å². The summed E-state index contributed by atoms with van der Waals surface area (Å²) in [5.74, 6) is 0.420. The van der Waals surface area contributed by atoms with E-state index in [0.717, 1.165) is 49.6 Å². The minimum absolute atomic E-state index is 0.0512. The van der Waals surface area contributed by atoms with E-state index in [1.54, 1.807) is 6.20 Å². The molecule has 7 nitrogen and oxygen atoms in total. The number of pyridine rings is 1. The van der Waals surface area contributed by atoms with Gasteiger partial charge in [-0.3, -0.25) is 14.3 Å². The summed E-state index contributed by atoms with van der Waals surface area (Å²) in [7, 11) is 0. The molecule has 4 heterocycles. The molecule has 1 saturated heterocycles. The van der Waals surface area contributed by atoms with Crippen LogP contribution < -0.4 is 0 Å². The van der Waals surface area contributed by atoms with Gasteiger partial charge in [-0.2, -0.15) is 5.10 Å². The SMILES string of the molecule is CCN1CCCn2nc(C3CCN(C(=O)c4cccnc4SC)CC3)cc2C1=O. The maximum Gasteiger partial charge on any atom is 0.272 e. The first kappa shape index (κ1) is 19.9. The van der Waals surface area contributed by atoms with Gasteiger partial charge >= 0.3 is 0 Å². The molecule has 29 heavy (non-hydrogen) atoms. The smallest absolute Gasteiger partial charge is 0.272 e. The van der Waals surface area contributed by atoms with E-state index in [0.29, 0.717) is 24.3 Å². The zero-order valence-electron chi connectivity index (χ0n) is 17.0. The Bertz CT molecular complexity index is 904. The molecular formula is C21H27N5O2S. The minimum atomic E-state index is 0.0512. The van der Waals surface area contributed by atoms with Gasteiger partial charge in [0.15, 0.2) is 0 Å². The summed E-state index contributed by atoms with van der Waals surface area (Å²) in [4.78, 5) is 33.8. The lowest BCUT2D eigenvalue weighted by Gasteiger charge is -2.31. The van der Waals surface area contributed by atoms with E-state index < -0.39 is 0 Å². The van der Waals surface area contributed by atoms with Gasteiger partial charge in [-0.1, -0.05) is 0 Å². The number of hydrogen-bond acceptors (Lipinski definition) is 5. The summed E-state index contributed by atoms with van der Waals surface area (Å²) >= 11 is 1.50. The summed E-state index contributed by atoms with van der Waals surface area (Å²) in [6.07, 6.45) is 6.32. The van der Waals surface area contributed by atoms with Gasteiger partial charge < -0.3 is 9.80 Å². The molecule has 0 saturated carbocycles. The second-order valence-corrected chi connectivity index (χ2v) is 8.34. The molecule has 0 aromatic carbocycles. The molecule has 0 unspecified atom stereocenters. The summed E-state index contributed by atoms with van der Waals surface area (Å²) in [6.45, 7) is 5.72. The lowest BCUT2D eigenvalue weighted by Crippen LogP contribution is -2.38. The lowest BCUT2D eigenvalue weighted by atomic mass is 9.93. The number of amides is 2. The van der Waals surface area contributed by atoms with Gasteiger partial charge in [-0.15, -0.1) is 11.8 Å². The molecule has 2 aliphatic rings. The van der Waals surface area contributed by atoms with Gasteiger partial charge in [0.2, 0.25) is 0 Å². The lowest BCUT2D eigenvalue weighted by molar-refractivity contribution is 0.0707. The number of rotatable bonds is 4. The summed E-state index contributed by atoms with van der Waals surface area (Å²) in [5.41, 5.74) is 2.37. The van der Waals surface area contributed by atoms with E-state index in [-0.39, 0.29) is 17.7 Å². The first-order valence-corrected chi connectivity index (χ1v) is 11.5. The molecule has 8 heteroatoms. The molecule has 0 radical (unpaired) electrons. The third-order valence-electron chi connectivity index (χ3n) is 5.88. The van der Waals surface area contributed by atoms with Crippen LogP contribution in [0, 0.1) is 0 Å². The van der Waals surface area contributed by atoms with Gasteiger partial charge in [-0.25, -0.2) is 4.98 Å². The number of fused-ring (bicyclic) bond motifs is 1. The standard InChI is InChI=1S/C21H27N5O2S/c1-3-24-10-5-11-26-18(21(24)28)14-17(23-26)15-7-12-25(13-8-15)20(27)16-6-4-9-22-19(16)29-2/h4,6,9,14-15H,3,5,7-8,10-13H2,1-2H3. The molecule has 2 aromatic heterocycles. The first-order valence-electron chi connectivity index (χ1n) is 10.3. The highest BCUT2D eigenvalue weighted by Crippen LogP contribution is 2.30. The van der Waals surface area contributed by atoms with Crippen molar-refractivity contribution in [2.75, 3.05) is 32.4 Å². The first-order chi connectivity index (χ1) is 14.1. The summed E-state index contributed by atoms with van der Waals surface area (Å²) in [5, 5.41) is 5.54. The van der Waals surface area contributed by atoms with Crippen LogP contribution in [0.4, 0.5) is 0 Å². The molecule has 1 fully saturated rings. The molecule has 0 aliphatic carbocycles. The third kappa shape index (κ3) is 3.90. The fraction of sp³-hybridized carbons (Fsp3) is 0.524. The van der Waals surface area contributed by atoms with Crippen LogP contribution in [-0.2, 0) is 6.54 Å². The quantitative estimate of drug-likeness (QED) is 0.721. The van der Waals surface area contributed by atoms with Gasteiger partial charge in [0.25, 0.3) is 11.8 Å². The van der Waals surface area contributed by atoms with Crippen molar-refractivity contribution in [1.82, 2.24) is 24.6 Å². The Labute approximate surface area is 175 Å². The number of thioether (sulfide) groups is 1. The van der Waals surface area contributed by atoms with Crippen LogP contribution in [0.5, 0.6) is 0 Å². The fourth-order valence-corrected chi connectivity index (χ4v) is 4.76. The number of nitrogens with zero attached hydrogens (tertiary/aromatic N) is 5. The van der Waals surface area contributed by atoms with Crippen LogP contribution in [0.25, 0.3) is 0 Å². The molecule has 154 valence electrons. The number of aromatic nitrogens is 3. The molecule has 0 atom stereocenters. The molecule has 4 rings (SSSR count). The second kappa shape index (κ2) is 8.57. The number of carbonyl (C=O) groups excluding carboxylic acids is 2. The van der Waals surface area contributed by atoms with Gasteiger partial charge in [0.05, 0.1) is 11.3 Å².